The van der Waals surface area contributed by atoms with Gasteiger partial charge in [0.25, 0.3) is 0 Å². The number of ketones is 2. The largest absolute Gasteiger partial charge is 0.310 e. The summed E-state index contributed by atoms with van der Waals surface area (Å²) in [4.78, 5) is 32.2. The fourth-order valence-electron chi connectivity index (χ4n) is 8.88. The van der Waals surface area contributed by atoms with Crippen LogP contribution in [-0.2, 0) is 0 Å². The van der Waals surface area contributed by atoms with Crippen molar-refractivity contribution in [3.05, 3.63) is 216 Å². The van der Waals surface area contributed by atoms with Crippen LogP contribution in [0.4, 0.5) is 34.1 Å². The number of hydrogen-bond donors (Lipinski definition) is 0. The fraction of sp³-hybridized carbons (Fsp3) is 0. The zero-order chi connectivity index (χ0) is 37.3. The Morgan fingerprint density at radius 2 is 0.589 bits per heavy atom. The molecule has 9 aromatic carbocycles. The van der Waals surface area contributed by atoms with Crippen molar-refractivity contribution in [2.75, 3.05) is 9.80 Å². The van der Waals surface area contributed by atoms with Crippen LogP contribution in [0.3, 0.4) is 0 Å². The lowest BCUT2D eigenvalue weighted by molar-refractivity contribution is 0.103. The molecule has 0 bridgehead atoms. The Morgan fingerprint density at radius 1 is 0.250 bits per heavy atom. The molecule has 4 nitrogen and oxygen atoms in total. The number of hydrogen-bond acceptors (Lipinski definition) is 4. The monoisotopic (exact) mass is 716 g/mol. The molecule has 11 rings (SSSR count). The lowest BCUT2D eigenvalue weighted by atomic mass is 9.82. The minimum atomic E-state index is 0.0553. The van der Waals surface area contributed by atoms with E-state index in [1.807, 2.05) is 84.9 Å². The Morgan fingerprint density at radius 3 is 1.00 bits per heavy atom. The van der Waals surface area contributed by atoms with Crippen LogP contribution in [0.25, 0.3) is 43.8 Å². The van der Waals surface area contributed by atoms with Crippen LogP contribution in [0.15, 0.2) is 194 Å². The van der Waals surface area contributed by atoms with Gasteiger partial charge in [-0.15, -0.1) is 0 Å². The maximum Gasteiger partial charge on any atom is 0.194 e. The van der Waals surface area contributed by atoms with Crippen molar-refractivity contribution in [2.45, 2.75) is 0 Å². The first kappa shape index (κ1) is 31.9. The first-order valence-corrected chi connectivity index (χ1v) is 18.9. The Labute approximate surface area is 324 Å². The quantitative estimate of drug-likeness (QED) is 0.172. The number of anilines is 6. The van der Waals surface area contributed by atoms with Crippen LogP contribution >= 0.6 is 0 Å². The standard InChI is InChI=1S/C52H32N2O2/c55-51-41-19-9-7-17-37(41)39-29-31-47(43-21-11-23-45(51)49(39)43)53(33-13-3-1-4-14-33)35-25-27-36(28-26-35)54(34-15-5-2-6-16-34)48-32-30-40-38-18-8-10-20-42(38)52(56)46-24-12-22-44(48)50(40)46/h1-32H. The number of benzene rings is 9. The van der Waals surface area contributed by atoms with Crippen LogP contribution in [0.2, 0.25) is 0 Å². The normalized spacial score (nSPS) is 12.4. The highest BCUT2D eigenvalue weighted by Gasteiger charge is 2.29. The summed E-state index contributed by atoms with van der Waals surface area (Å²) < 4.78 is 0. The second-order valence-corrected chi connectivity index (χ2v) is 14.3. The summed E-state index contributed by atoms with van der Waals surface area (Å²) in [6, 6.07) is 66.0. The van der Waals surface area contributed by atoms with Gasteiger partial charge in [-0.25, -0.2) is 0 Å². The van der Waals surface area contributed by atoms with E-state index in [0.717, 1.165) is 100 Å². The highest BCUT2D eigenvalue weighted by atomic mass is 16.1. The van der Waals surface area contributed by atoms with Gasteiger partial charge < -0.3 is 9.80 Å². The Kier molecular flexibility index (Phi) is 7.13. The summed E-state index contributed by atoms with van der Waals surface area (Å²) in [5, 5.41) is 3.99. The van der Waals surface area contributed by atoms with Gasteiger partial charge in [0.2, 0.25) is 0 Å². The lowest BCUT2D eigenvalue weighted by Gasteiger charge is -2.31. The number of carbonyl (C=O) groups excluding carboxylic acids is 2. The third kappa shape index (κ3) is 4.73. The smallest absolute Gasteiger partial charge is 0.194 e. The van der Waals surface area contributed by atoms with E-state index in [0.29, 0.717) is 0 Å². The van der Waals surface area contributed by atoms with Gasteiger partial charge in [-0.3, -0.25) is 9.59 Å². The van der Waals surface area contributed by atoms with Crippen LogP contribution in [0, 0.1) is 0 Å². The molecule has 0 atom stereocenters. The molecular weight excluding hydrogens is 685 g/mol. The van der Waals surface area contributed by atoms with Crippen molar-refractivity contribution in [3.63, 3.8) is 0 Å². The Balaban J connectivity index is 1.08. The molecule has 0 unspecified atom stereocenters. The number of para-hydroxylation sites is 2. The Hall–Kier alpha value is -7.56. The van der Waals surface area contributed by atoms with Crippen molar-refractivity contribution < 1.29 is 9.59 Å². The van der Waals surface area contributed by atoms with Crippen LogP contribution in [-0.4, -0.2) is 11.6 Å². The van der Waals surface area contributed by atoms with E-state index in [2.05, 4.69) is 119 Å². The highest BCUT2D eigenvalue weighted by molar-refractivity contribution is 6.28. The van der Waals surface area contributed by atoms with Crippen molar-refractivity contribution in [3.8, 4) is 22.3 Å². The molecule has 2 aliphatic rings. The van der Waals surface area contributed by atoms with Crippen LogP contribution in [0.5, 0.6) is 0 Å². The number of rotatable bonds is 6. The summed E-state index contributed by atoms with van der Waals surface area (Å²) in [6.07, 6.45) is 0. The van der Waals surface area contributed by atoms with Crippen molar-refractivity contribution >= 4 is 67.2 Å². The van der Waals surface area contributed by atoms with E-state index in [1.54, 1.807) is 0 Å². The van der Waals surface area contributed by atoms with Gasteiger partial charge in [0.15, 0.2) is 11.6 Å². The zero-order valence-corrected chi connectivity index (χ0v) is 30.2. The molecule has 9 aromatic rings. The van der Waals surface area contributed by atoms with Gasteiger partial charge in [0.1, 0.15) is 0 Å². The van der Waals surface area contributed by atoms with Gasteiger partial charge in [0.05, 0.1) is 11.4 Å². The number of fused-ring (bicyclic) bond motifs is 4. The van der Waals surface area contributed by atoms with Crippen molar-refractivity contribution in [2.24, 2.45) is 0 Å². The van der Waals surface area contributed by atoms with Crippen molar-refractivity contribution in [1.29, 1.82) is 0 Å². The van der Waals surface area contributed by atoms with E-state index in [-0.39, 0.29) is 11.6 Å². The second kappa shape index (κ2) is 12.5. The summed E-state index contributed by atoms with van der Waals surface area (Å²) >= 11 is 0. The topological polar surface area (TPSA) is 40.6 Å². The molecule has 0 N–H and O–H groups in total. The average Bonchev–Trinajstić information content (AvgIpc) is 3.26. The molecule has 2 aliphatic carbocycles. The molecule has 0 spiro atoms. The highest BCUT2D eigenvalue weighted by Crippen LogP contribution is 2.49. The van der Waals surface area contributed by atoms with E-state index in [9.17, 15) is 9.59 Å². The van der Waals surface area contributed by atoms with E-state index in [4.69, 9.17) is 0 Å². The molecular formula is C52H32N2O2. The second-order valence-electron chi connectivity index (χ2n) is 14.3. The van der Waals surface area contributed by atoms with Crippen LogP contribution in [0.1, 0.15) is 31.8 Å². The van der Waals surface area contributed by atoms with Gasteiger partial charge in [-0.2, -0.15) is 0 Å². The summed E-state index contributed by atoms with van der Waals surface area (Å²) in [5.41, 5.74) is 13.0. The van der Waals surface area contributed by atoms with Gasteiger partial charge >= 0.3 is 0 Å². The molecule has 0 saturated heterocycles. The SMILES string of the molecule is O=C1c2ccccc2-c2ccc(N(c3ccccc3)c3ccc(N(c4ccccc4)c4ccc5c6c(cccc46)C(=O)c4ccccc4-5)cc3)c3cccc1c23. The molecule has 0 aromatic heterocycles. The first-order chi connectivity index (χ1) is 27.7. The van der Waals surface area contributed by atoms with Gasteiger partial charge in [0, 0.05) is 66.5 Å². The molecule has 56 heavy (non-hydrogen) atoms. The average molecular weight is 717 g/mol. The maximum absolute atomic E-state index is 13.8. The molecule has 262 valence electrons. The predicted octanol–water partition coefficient (Wildman–Crippen LogP) is 13.4. The van der Waals surface area contributed by atoms with Crippen LogP contribution < -0.4 is 9.80 Å². The molecule has 0 saturated carbocycles. The molecule has 4 heteroatoms. The molecule has 0 radical (unpaired) electrons. The zero-order valence-electron chi connectivity index (χ0n) is 30.2. The van der Waals surface area contributed by atoms with E-state index < -0.39 is 0 Å². The fourth-order valence-corrected chi connectivity index (χ4v) is 8.88. The summed E-state index contributed by atoms with van der Waals surface area (Å²) in [7, 11) is 0. The predicted molar refractivity (Wildman–Crippen MR) is 229 cm³/mol. The van der Waals surface area contributed by atoms with E-state index >= 15 is 0 Å². The molecule has 0 heterocycles. The third-order valence-electron chi connectivity index (χ3n) is 11.3. The summed E-state index contributed by atoms with van der Waals surface area (Å²) in [5.74, 6) is 0.111. The molecule has 0 amide bonds. The maximum atomic E-state index is 13.8. The first-order valence-electron chi connectivity index (χ1n) is 18.9. The molecule has 0 aliphatic heterocycles. The summed E-state index contributed by atoms with van der Waals surface area (Å²) in [6.45, 7) is 0. The Bertz CT molecular complexity index is 2850. The lowest BCUT2D eigenvalue weighted by Crippen LogP contribution is -2.15. The third-order valence-corrected chi connectivity index (χ3v) is 11.3. The van der Waals surface area contributed by atoms with Crippen molar-refractivity contribution in [1.82, 2.24) is 0 Å². The minimum Gasteiger partial charge on any atom is -0.310 e. The minimum absolute atomic E-state index is 0.0553. The van der Waals surface area contributed by atoms with E-state index in [1.165, 1.54) is 0 Å². The number of nitrogens with zero attached hydrogens (tertiary/aromatic N) is 2. The number of carbonyl (C=O) groups is 2. The van der Waals surface area contributed by atoms with Gasteiger partial charge in [-0.1, -0.05) is 133 Å². The van der Waals surface area contributed by atoms with Gasteiger partial charge in [-0.05, 0) is 82.9 Å². The molecule has 0 fully saturated rings.